The third-order valence-electron chi connectivity index (χ3n) is 3.07. The number of aliphatic carboxylic acids is 1. The predicted molar refractivity (Wildman–Crippen MR) is 73.8 cm³/mol. The fourth-order valence-corrected chi connectivity index (χ4v) is 1.97. The third-order valence-corrected chi connectivity index (χ3v) is 3.07. The largest absolute Gasteiger partial charge is 0.481 e. The average Bonchev–Trinajstić information content (AvgIpc) is 2.26. The molecule has 0 aliphatic heterocycles. The first-order valence-electron chi connectivity index (χ1n) is 6.30. The molecule has 0 spiro atoms. The lowest BCUT2D eigenvalue weighted by molar-refractivity contribution is -0.137. The minimum absolute atomic E-state index is 0.0489. The zero-order valence-corrected chi connectivity index (χ0v) is 11.6. The molecule has 0 aliphatic carbocycles. The van der Waals surface area contributed by atoms with Gasteiger partial charge in [0.2, 0.25) is 5.91 Å². The van der Waals surface area contributed by atoms with Crippen molar-refractivity contribution in [3.05, 3.63) is 29.6 Å². The number of amides is 1. The van der Waals surface area contributed by atoms with Crippen molar-refractivity contribution in [1.29, 1.82) is 0 Å². The number of nitrogens with two attached hydrogens (primary N) is 1. The number of rotatable bonds is 7. The Morgan fingerprint density at radius 3 is 2.55 bits per heavy atom. The fourth-order valence-electron chi connectivity index (χ4n) is 1.97. The van der Waals surface area contributed by atoms with Crippen LogP contribution in [0, 0.1) is 12.7 Å². The molecule has 0 radical (unpaired) electrons. The lowest BCUT2D eigenvalue weighted by atomic mass is 9.93. The zero-order chi connectivity index (χ0) is 15.3. The van der Waals surface area contributed by atoms with Crippen LogP contribution in [-0.4, -0.2) is 22.5 Å². The summed E-state index contributed by atoms with van der Waals surface area (Å²) in [6.45, 7) is 3.32. The van der Waals surface area contributed by atoms with Gasteiger partial charge in [-0.1, -0.05) is 0 Å². The van der Waals surface area contributed by atoms with Gasteiger partial charge in [-0.2, -0.15) is 0 Å². The summed E-state index contributed by atoms with van der Waals surface area (Å²) in [4.78, 5) is 22.1. The van der Waals surface area contributed by atoms with Crippen molar-refractivity contribution in [2.45, 2.75) is 38.6 Å². The molecule has 0 fully saturated rings. The van der Waals surface area contributed by atoms with Crippen molar-refractivity contribution in [3.63, 3.8) is 0 Å². The molecular weight excluding hydrogens is 263 g/mol. The van der Waals surface area contributed by atoms with Gasteiger partial charge in [-0.3, -0.25) is 9.59 Å². The van der Waals surface area contributed by atoms with Gasteiger partial charge in [0.05, 0.1) is 0 Å². The molecule has 1 atom stereocenters. The topological polar surface area (TPSA) is 92.4 Å². The second-order valence-electron chi connectivity index (χ2n) is 5.09. The van der Waals surface area contributed by atoms with Gasteiger partial charge in [-0.05, 0) is 50.5 Å². The van der Waals surface area contributed by atoms with E-state index in [2.05, 4.69) is 5.32 Å². The number of carboxylic acids is 1. The lowest BCUT2D eigenvalue weighted by Gasteiger charge is -2.28. The van der Waals surface area contributed by atoms with E-state index in [1.54, 1.807) is 19.9 Å². The van der Waals surface area contributed by atoms with Crippen LogP contribution in [0.4, 0.5) is 10.1 Å². The van der Waals surface area contributed by atoms with E-state index < -0.39 is 23.2 Å². The number of hydrogen-bond donors (Lipinski definition) is 3. The molecule has 1 aromatic carbocycles. The highest BCUT2D eigenvalue weighted by Gasteiger charge is 2.30. The molecule has 0 saturated heterocycles. The Hall–Kier alpha value is -2.11. The minimum atomic E-state index is -1.12. The van der Waals surface area contributed by atoms with Gasteiger partial charge in [0.1, 0.15) is 11.4 Å². The Kier molecular flexibility index (Phi) is 5.07. The molecule has 0 aliphatic rings. The molecule has 6 heteroatoms. The normalized spacial score (nSPS) is 13.6. The Morgan fingerprint density at radius 1 is 1.40 bits per heavy atom. The van der Waals surface area contributed by atoms with Gasteiger partial charge in [0.25, 0.3) is 0 Å². The van der Waals surface area contributed by atoms with E-state index in [0.717, 1.165) is 0 Å². The van der Waals surface area contributed by atoms with Crippen molar-refractivity contribution in [3.8, 4) is 0 Å². The number of hydrogen-bond acceptors (Lipinski definition) is 3. The molecule has 5 nitrogen and oxygen atoms in total. The second-order valence-corrected chi connectivity index (χ2v) is 5.09. The van der Waals surface area contributed by atoms with Gasteiger partial charge in [-0.25, -0.2) is 4.39 Å². The highest BCUT2D eigenvalue weighted by atomic mass is 19.1. The van der Waals surface area contributed by atoms with Crippen LogP contribution in [0.3, 0.4) is 0 Å². The van der Waals surface area contributed by atoms with E-state index in [1.807, 2.05) is 0 Å². The van der Waals surface area contributed by atoms with Crippen molar-refractivity contribution in [2.75, 3.05) is 5.32 Å². The quantitative estimate of drug-likeness (QED) is 0.713. The van der Waals surface area contributed by atoms with Crippen LogP contribution < -0.4 is 11.1 Å². The zero-order valence-electron chi connectivity index (χ0n) is 11.6. The predicted octanol–water partition coefficient (Wildman–Crippen LogP) is 2.04. The van der Waals surface area contributed by atoms with Crippen LogP contribution in [0.25, 0.3) is 0 Å². The Labute approximate surface area is 117 Å². The number of anilines is 1. The highest BCUT2D eigenvalue weighted by Crippen LogP contribution is 2.22. The van der Waals surface area contributed by atoms with Gasteiger partial charge in [-0.15, -0.1) is 0 Å². The Balaban J connectivity index is 2.84. The molecule has 0 saturated carbocycles. The summed E-state index contributed by atoms with van der Waals surface area (Å²) in [6, 6.07) is 4.34. The average molecular weight is 282 g/mol. The van der Waals surface area contributed by atoms with Crippen LogP contribution in [0.5, 0.6) is 0 Å². The van der Waals surface area contributed by atoms with Crippen molar-refractivity contribution in [1.82, 2.24) is 0 Å². The van der Waals surface area contributed by atoms with E-state index in [4.69, 9.17) is 10.8 Å². The summed E-state index contributed by atoms with van der Waals surface area (Å²) in [6.07, 6.45) is 0.507. The number of benzene rings is 1. The monoisotopic (exact) mass is 282 g/mol. The highest BCUT2D eigenvalue weighted by molar-refractivity contribution is 5.87. The lowest BCUT2D eigenvalue weighted by Crippen LogP contribution is -2.48. The molecule has 0 heterocycles. The first-order valence-corrected chi connectivity index (χ1v) is 6.30. The van der Waals surface area contributed by atoms with Crippen LogP contribution in [0.1, 0.15) is 31.7 Å². The van der Waals surface area contributed by atoms with Gasteiger partial charge < -0.3 is 16.2 Å². The number of carboxylic acid groups (broad SMARTS) is 1. The fraction of sp³-hybridized carbons (Fsp3) is 0.429. The maximum Gasteiger partial charge on any atom is 0.303 e. The van der Waals surface area contributed by atoms with Gasteiger partial charge in [0, 0.05) is 12.1 Å². The number of aryl methyl sites for hydroxylation is 1. The Morgan fingerprint density at radius 2 is 2.05 bits per heavy atom. The van der Waals surface area contributed by atoms with Crippen LogP contribution in [0.15, 0.2) is 18.2 Å². The molecule has 4 N–H and O–H groups in total. The molecule has 110 valence electrons. The summed E-state index contributed by atoms with van der Waals surface area (Å²) >= 11 is 0. The maximum absolute atomic E-state index is 13.3. The van der Waals surface area contributed by atoms with E-state index in [0.29, 0.717) is 17.7 Å². The van der Waals surface area contributed by atoms with Crippen molar-refractivity contribution >= 4 is 17.6 Å². The molecule has 0 bridgehead atoms. The van der Waals surface area contributed by atoms with E-state index in [9.17, 15) is 14.0 Å². The van der Waals surface area contributed by atoms with Gasteiger partial charge in [0.15, 0.2) is 0 Å². The summed E-state index contributed by atoms with van der Waals surface area (Å²) in [5.74, 6) is -1.95. The van der Waals surface area contributed by atoms with Crippen molar-refractivity contribution in [2.24, 2.45) is 5.73 Å². The minimum Gasteiger partial charge on any atom is -0.481 e. The maximum atomic E-state index is 13.3. The number of primary amides is 1. The molecule has 1 rings (SSSR count). The first kappa shape index (κ1) is 15.9. The molecule has 20 heavy (non-hydrogen) atoms. The first-order chi connectivity index (χ1) is 9.23. The smallest absolute Gasteiger partial charge is 0.303 e. The standard InChI is InChI=1S/C14H19FN2O3/c1-9-6-10(15)8-11(7-9)17-14(2,13(16)20)5-3-4-12(18)19/h6-8,17H,3-5H2,1-2H3,(H2,16,20)(H,18,19). The molecule has 0 aromatic heterocycles. The van der Waals surface area contributed by atoms with E-state index in [-0.39, 0.29) is 12.8 Å². The second kappa shape index (κ2) is 6.36. The van der Waals surface area contributed by atoms with E-state index in [1.165, 1.54) is 12.1 Å². The van der Waals surface area contributed by atoms with E-state index >= 15 is 0 Å². The van der Waals surface area contributed by atoms with Crippen LogP contribution in [0.2, 0.25) is 0 Å². The number of halogens is 1. The Bertz CT molecular complexity index is 499. The molecule has 1 unspecified atom stereocenters. The molecule has 1 aromatic rings. The van der Waals surface area contributed by atoms with Crippen LogP contribution >= 0.6 is 0 Å². The van der Waals surface area contributed by atoms with Gasteiger partial charge >= 0.3 is 5.97 Å². The summed E-state index contributed by atoms with van der Waals surface area (Å²) < 4.78 is 13.3. The number of carbonyl (C=O) groups is 2. The summed E-state index contributed by atoms with van der Waals surface area (Å²) in [7, 11) is 0. The summed E-state index contributed by atoms with van der Waals surface area (Å²) in [5.41, 5.74) is 5.41. The SMILES string of the molecule is Cc1cc(F)cc(NC(C)(CCCC(=O)O)C(N)=O)c1. The van der Waals surface area contributed by atoms with Crippen LogP contribution in [-0.2, 0) is 9.59 Å². The molecular formula is C14H19FN2O3. The number of carbonyl (C=O) groups excluding carboxylic acids is 1. The number of nitrogens with one attached hydrogen (secondary N) is 1. The third kappa shape index (κ3) is 4.53. The van der Waals surface area contributed by atoms with Crippen molar-refractivity contribution < 1.29 is 19.1 Å². The summed E-state index contributed by atoms with van der Waals surface area (Å²) in [5, 5.41) is 11.5. The molecule has 1 amide bonds.